The van der Waals surface area contributed by atoms with Gasteiger partial charge in [-0.3, -0.25) is 4.79 Å². The second-order valence-corrected chi connectivity index (χ2v) is 4.04. The third kappa shape index (κ3) is 1.88. The van der Waals surface area contributed by atoms with Crippen molar-refractivity contribution in [3.63, 3.8) is 0 Å². The van der Waals surface area contributed by atoms with Crippen LogP contribution in [0, 0.1) is 0 Å². The standard InChI is InChI=1S/C12H14O4/c1-16-8-2-3-9-10(6-8)7(4-11(9)13)5-12(14)15/h2-3,6-7,11,13H,4-5H2,1H3,(H,14,15). The van der Waals surface area contributed by atoms with Gasteiger partial charge < -0.3 is 14.9 Å². The molecule has 0 bridgehead atoms. The first-order valence-electron chi connectivity index (χ1n) is 5.19. The molecule has 1 aromatic carbocycles. The van der Waals surface area contributed by atoms with Crippen molar-refractivity contribution in [2.24, 2.45) is 0 Å². The topological polar surface area (TPSA) is 66.8 Å². The minimum absolute atomic E-state index is 0.0528. The minimum Gasteiger partial charge on any atom is -0.497 e. The number of methoxy groups -OCH3 is 1. The van der Waals surface area contributed by atoms with Gasteiger partial charge in [-0.05, 0) is 35.6 Å². The molecule has 0 heterocycles. The van der Waals surface area contributed by atoms with Crippen molar-refractivity contribution in [3.05, 3.63) is 29.3 Å². The summed E-state index contributed by atoms with van der Waals surface area (Å²) in [6.45, 7) is 0. The molecule has 2 atom stereocenters. The average molecular weight is 222 g/mol. The Hall–Kier alpha value is -1.55. The number of rotatable bonds is 3. The van der Waals surface area contributed by atoms with Gasteiger partial charge in [-0.2, -0.15) is 0 Å². The van der Waals surface area contributed by atoms with Crippen molar-refractivity contribution in [3.8, 4) is 5.75 Å². The number of benzene rings is 1. The van der Waals surface area contributed by atoms with Crippen LogP contribution in [0.15, 0.2) is 18.2 Å². The van der Waals surface area contributed by atoms with Crippen LogP contribution in [0.4, 0.5) is 0 Å². The second-order valence-electron chi connectivity index (χ2n) is 4.04. The van der Waals surface area contributed by atoms with Crippen LogP contribution in [0.25, 0.3) is 0 Å². The molecule has 2 N–H and O–H groups in total. The molecule has 0 saturated carbocycles. The van der Waals surface area contributed by atoms with Crippen molar-refractivity contribution in [2.75, 3.05) is 7.11 Å². The maximum atomic E-state index is 10.7. The summed E-state index contributed by atoms with van der Waals surface area (Å²) in [4.78, 5) is 10.7. The number of carboxylic acid groups (broad SMARTS) is 1. The van der Waals surface area contributed by atoms with Crippen LogP contribution < -0.4 is 4.74 Å². The number of fused-ring (bicyclic) bond motifs is 1. The van der Waals surface area contributed by atoms with Gasteiger partial charge in [-0.15, -0.1) is 0 Å². The van der Waals surface area contributed by atoms with E-state index in [1.165, 1.54) is 0 Å². The molecule has 16 heavy (non-hydrogen) atoms. The highest BCUT2D eigenvalue weighted by atomic mass is 16.5. The Balaban J connectivity index is 2.34. The highest BCUT2D eigenvalue weighted by Gasteiger charge is 2.31. The van der Waals surface area contributed by atoms with E-state index < -0.39 is 12.1 Å². The molecular formula is C12H14O4. The Morgan fingerprint density at radius 1 is 1.50 bits per heavy atom. The quantitative estimate of drug-likeness (QED) is 0.816. The van der Waals surface area contributed by atoms with Crippen molar-refractivity contribution < 1.29 is 19.7 Å². The number of aliphatic hydroxyl groups is 1. The fourth-order valence-electron chi connectivity index (χ4n) is 2.26. The molecule has 0 radical (unpaired) electrons. The first-order chi connectivity index (χ1) is 7.61. The molecule has 0 saturated heterocycles. The van der Waals surface area contributed by atoms with Gasteiger partial charge in [0.15, 0.2) is 0 Å². The molecule has 1 aromatic rings. The minimum atomic E-state index is -0.840. The molecule has 0 spiro atoms. The molecule has 0 aromatic heterocycles. The van der Waals surface area contributed by atoms with Crippen LogP contribution in [0.1, 0.15) is 36.0 Å². The maximum absolute atomic E-state index is 10.7. The summed E-state index contributed by atoms with van der Waals surface area (Å²) in [5, 5.41) is 18.6. The first-order valence-corrected chi connectivity index (χ1v) is 5.19. The molecule has 0 aliphatic heterocycles. The van der Waals surface area contributed by atoms with Crippen molar-refractivity contribution in [1.82, 2.24) is 0 Å². The van der Waals surface area contributed by atoms with Gasteiger partial charge in [0, 0.05) is 0 Å². The molecule has 2 unspecified atom stereocenters. The Morgan fingerprint density at radius 3 is 2.88 bits per heavy atom. The van der Waals surface area contributed by atoms with Crippen LogP contribution in [0.2, 0.25) is 0 Å². The third-order valence-electron chi connectivity index (χ3n) is 3.02. The predicted molar refractivity (Wildman–Crippen MR) is 57.6 cm³/mol. The molecule has 0 fully saturated rings. The van der Waals surface area contributed by atoms with Gasteiger partial charge >= 0.3 is 5.97 Å². The van der Waals surface area contributed by atoms with E-state index in [2.05, 4.69) is 0 Å². The Bertz CT molecular complexity index is 413. The van der Waals surface area contributed by atoms with Crippen molar-refractivity contribution >= 4 is 5.97 Å². The molecule has 2 rings (SSSR count). The fourth-order valence-corrected chi connectivity index (χ4v) is 2.26. The molecule has 4 heteroatoms. The molecule has 0 amide bonds. The molecule has 1 aliphatic rings. The summed E-state index contributed by atoms with van der Waals surface area (Å²) in [6, 6.07) is 5.41. The van der Waals surface area contributed by atoms with Crippen LogP contribution in [-0.4, -0.2) is 23.3 Å². The number of hydrogen-bond acceptors (Lipinski definition) is 3. The summed E-state index contributed by atoms with van der Waals surface area (Å²) in [6.07, 6.45) is -0.0169. The zero-order valence-corrected chi connectivity index (χ0v) is 9.01. The van der Waals surface area contributed by atoms with Crippen LogP contribution in [0.5, 0.6) is 5.75 Å². The first kappa shape index (κ1) is 11.0. The van der Waals surface area contributed by atoms with E-state index in [9.17, 15) is 9.90 Å². The fraction of sp³-hybridized carbons (Fsp3) is 0.417. The van der Waals surface area contributed by atoms with E-state index >= 15 is 0 Å². The lowest BCUT2D eigenvalue weighted by atomic mass is 9.98. The normalized spacial score (nSPS) is 22.9. The van der Waals surface area contributed by atoms with E-state index in [1.807, 2.05) is 6.07 Å². The molecular weight excluding hydrogens is 208 g/mol. The zero-order valence-electron chi connectivity index (χ0n) is 9.01. The highest BCUT2D eigenvalue weighted by molar-refractivity contribution is 5.68. The number of ether oxygens (including phenoxy) is 1. The van der Waals surface area contributed by atoms with E-state index in [0.717, 1.165) is 11.1 Å². The van der Waals surface area contributed by atoms with Crippen molar-refractivity contribution in [2.45, 2.75) is 24.9 Å². The molecule has 86 valence electrons. The Morgan fingerprint density at radius 2 is 2.25 bits per heavy atom. The monoisotopic (exact) mass is 222 g/mol. The average Bonchev–Trinajstić information content (AvgIpc) is 2.54. The largest absolute Gasteiger partial charge is 0.497 e. The Labute approximate surface area is 93.5 Å². The molecule has 4 nitrogen and oxygen atoms in total. The lowest BCUT2D eigenvalue weighted by Gasteiger charge is -2.09. The van der Waals surface area contributed by atoms with E-state index in [4.69, 9.17) is 9.84 Å². The van der Waals surface area contributed by atoms with Crippen LogP contribution in [0.3, 0.4) is 0 Å². The SMILES string of the molecule is COc1ccc2c(c1)C(CC(=O)O)CC2O. The van der Waals surface area contributed by atoms with E-state index in [-0.39, 0.29) is 12.3 Å². The van der Waals surface area contributed by atoms with Gasteiger partial charge in [0.2, 0.25) is 0 Å². The van der Waals surface area contributed by atoms with Gasteiger partial charge in [0.1, 0.15) is 5.75 Å². The Kier molecular flexibility index (Phi) is 2.83. The third-order valence-corrected chi connectivity index (χ3v) is 3.02. The van der Waals surface area contributed by atoms with E-state index in [1.54, 1.807) is 19.2 Å². The summed E-state index contributed by atoms with van der Waals surface area (Å²) >= 11 is 0. The van der Waals surface area contributed by atoms with Gasteiger partial charge in [-0.1, -0.05) is 6.07 Å². The number of hydrogen-bond donors (Lipinski definition) is 2. The zero-order chi connectivity index (χ0) is 11.7. The van der Waals surface area contributed by atoms with Gasteiger partial charge in [-0.25, -0.2) is 0 Å². The number of carbonyl (C=O) groups is 1. The summed E-state index contributed by atoms with van der Waals surface area (Å²) in [5.41, 5.74) is 1.72. The predicted octanol–water partition coefficient (Wildman–Crippen LogP) is 1.69. The summed E-state index contributed by atoms with van der Waals surface area (Å²) in [7, 11) is 1.57. The number of aliphatic hydroxyl groups excluding tert-OH is 1. The molecule has 1 aliphatic carbocycles. The number of aliphatic carboxylic acids is 1. The maximum Gasteiger partial charge on any atom is 0.303 e. The lowest BCUT2D eigenvalue weighted by Crippen LogP contribution is -2.03. The smallest absolute Gasteiger partial charge is 0.303 e. The lowest BCUT2D eigenvalue weighted by molar-refractivity contribution is -0.137. The van der Waals surface area contributed by atoms with Gasteiger partial charge in [0.05, 0.1) is 19.6 Å². The number of carboxylic acids is 1. The summed E-state index contributed by atoms with van der Waals surface area (Å²) < 4.78 is 5.10. The van der Waals surface area contributed by atoms with Crippen LogP contribution in [-0.2, 0) is 4.79 Å². The van der Waals surface area contributed by atoms with Crippen LogP contribution >= 0.6 is 0 Å². The summed E-state index contributed by atoms with van der Waals surface area (Å²) in [5.74, 6) is -0.256. The van der Waals surface area contributed by atoms with Crippen molar-refractivity contribution in [1.29, 1.82) is 0 Å². The highest BCUT2D eigenvalue weighted by Crippen LogP contribution is 2.43. The second kappa shape index (κ2) is 4.14. The van der Waals surface area contributed by atoms with Gasteiger partial charge in [0.25, 0.3) is 0 Å². The van der Waals surface area contributed by atoms with E-state index in [0.29, 0.717) is 12.2 Å².